The highest BCUT2D eigenvalue weighted by molar-refractivity contribution is 5.94. The number of carbonyl (C=O) groups excluding carboxylic acids is 1. The number of ether oxygens (including phenoxy) is 2. The first-order valence-corrected chi connectivity index (χ1v) is 10.4. The first-order valence-electron chi connectivity index (χ1n) is 10.4. The van der Waals surface area contributed by atoms with Gasteiger partial charge in [-0.3, -0.25) is 9.53 Å². The van der Waals surface area contributed by atoms with Crippen molar-refractivity contribution < 1.29 is 23.0 Å². The Balaban J connectivity index is 1.40. The molecule has 0 bridgehead atoms. The number of aromatic nitrogens is 3. The molecule has 2 aromatic carbocycles. The Labute approximate surface area is 187 Å². The summed E-state index contributed by atoms with van der Waals surface area (Å²) in [5.74, 6) is -0.326. The third-order valence-corrected chi connectivity index (χ3v) is 5.37. The van der Waals surface area contributed by atoms with Crippen LogP contribution in [0.2, 0.25) is 0 Å². The summed E-state index contributed by atoms with van der Waals surface area (Å²) < 4.78 is 38.7. The zero-order chi connectivity index (χ0) is 23.0. The Morgan fingerprint density at radius 1 is 1.09 bits per heavy atom. The number of carbonyl (C=O) groups is 1. The molecule has 0 spiro atoms. The molecular formula is C24H20F2N4O3. The van der Waals surface area contributed by atoms with Crippen molar-refractivity contribution in [1.82, 2.24) is 14.6 Å². The molecule has 2 N–H and O–H groups in total. The second-order valence-corrected chi connectivity index (χ2v) is 7.92. The first-order chi connectivity index (χ1) is 15.9. The maximum atomic E-state index is 13.9. The number of halogens is 2. The van der Waals surface area contributed by atoms with Crippen LogP contribution in [0.3, 0.4) is 0 Å². The Morgan fingerprint density at radius 2 is 1.88 bits per heavy atom. The lowest BCUT2D eigenvalue weighted by molar-refractivity contribution is -0.354. The van der Waals surface area contributed by atoms with E-state index in [-0.39, 0.29) is 18.3 Å². The number of fused-ring (bicyclic) bond motifs is 1. The van der Waals surface area contributed by atoms with Crippen molar-refractivity contribution in [2.45, 2.75) is 19.1 Å². The van der Waals surface area contributed by atoms with Gasteiger partial charge in [-0.1, -0.05) is 12.1 Å². The monoisotopic (exact) mass is 450 g/mol. The Morgan fingerprint density at radius 3 is 2.61 bits per heavy atom. The SMILES string of the molecule is NC(=O)c1cccc(-c2cc3nccc(-c4ccc(OC(F)(F)OCC5CC5)cc4)n3n2)c1. The van der Waals surface area contributed by atoms with Crippen LogP contribution in [0.5, 0.6) is 5.75 Å². The summed E-state index contributed by atoms with van der Waals surface area (Å²) >= 11 is 0. The molecular weight excluding hydrogens is 430 g/mol. The van der Waals surface area contributed by atoms with Crippen LogP contribution in [0.15, 0.2) is 66.9 Å². The topological polar surface area (TPSA) is 91.7 Å². The van der Waals surface area contributed by atoms with Crippen molar-refractivity contribution in [3.05, 3.63) is 72.4 Å². The van der Waals surface area contributed by atoms with Gasteiger partial charge in [0, 0.05) is 29.0 Å². The van der Waals surface area contributed by atoms with Crippen molar-refractivity contribution in [1.29, 1.82) is 0 Å². The molecule has 1 aliphatic carbocycles. The summed E-state index contributed by atoms with van der Waals surface area (Å²) in [6.07, 6.45) is -0.210. The number of alkyl halides is 2. The molecule has 5 rings (SSSR count). The van der Waals surface area contributed by atoms with Crippen molar-refractivity contribution in [2.24, 2.45) is 11.7 Å². The molecule has 1 aliphatic rings. The van der Waals surface area contributed by atoms with Crippen LogP contribution < -0.4 is 10.5 Å². The Hall–Kier alpha value is -3.85. The number of rotatable bonds is 8. The quantitative estimate of drug-likeness (QED) is 0.399. The number of amides is 1. The zero-order valence-corrected chi connectivity index (χ0v) is 17.4. The molecule has 2 heterocycles. The molecule has 0 saturated heterocycles. The average molecular weight is 450 g/mol. The van der Waals surface area contributed by atoms with Gasteiger partial charge >= 0.3 is 6.29 Å². The van der Waals surface area contributed by atoms with Crippen LogP contribution in [0.4, 0.5) is 8.78 Å². The summed E-state index contributed by atoms with van der Waals surface area (Å²) in [6, 6.07) is 16.7. The zero-order valence-electron chi connectivity index (χ0n) is 17.4. The summed E-state index contributed by atoms with van der Waals surface area (Å²) in [4.78, 5) is 15.8. The number of nitrogens with two attached hydrogens (primary N) is 1. The molecule has 0 aliphatic heterocycles. The predicted octanol–water partition coefficient (Wildman–Crippen LogP) is 4.52. The third-order valence-electron chi connectivity index (χ3n) is 5.37. The standard InChI is InChI=1S/C24H20F2N4O3/c25-24(26,32-14-15-4-5-15)33-19-8-6-16(7-9-19)21-10-11-28-22-13-20(29-30(21)22)17-2-1-3-18(12-17)23(27)31/h1-3,6-13,15H,4-5,14H2,(H2,27,31). The van der Waals surface area contributed by atoms with Crippen molar-refractivity contribution in [2.75, 3.05) is 6.61 Å². The second-order valence-electron chi connectivity index (χ2n) is 7.92. The third kappa shape index (κ3) is 4.68. The lowest BCUT2D eigenvalue weighted by Crippen LogP contribution is -2.29. The maximum Gasteiger partial charge on any atom is 0.535 e. The minimum atomic E-state index is -3.68. The van der Waals surface area contributed by atoms with Gasteiger partial charge in [0.2, 0.25) is 5.91 Å². The van der Waals surface area contributed by atoms with Crippen LogP contribution in [0, 0.1) is 5.92 Å². The van der Waals surface area contributed by atoms with E-state index in [1.807, 2.05) is 6.07 Å². The van der Waals surface area contributed by atoms with E-state index in [4.69, 9.17) is 10.5 Å². The fourth-order valence-electron chi connectivity index (χ4n) is 3.45. The lowest BCUT2D eigenvalue weighted by Gasteiger charge is -2.17. The van der Waals surface area contributed by atoms with Gasteiger partial charge in [0.05, 0.1) is 18.0 Å². The van der Waals surface area contributed by atoms with Gasteiger partial charge in [-0.05, 0) is 61.2 Å². The van der Waals surface area contributed by atoms with Gasteiger partial charge in [0.15, 0.2) is 5.65 Å². The van der Waals surface area contributed by atoms with E-state index in [0.717, 1.165) is 24.0 Å². The summed E-state index contributed by atoms with van der Waals surface area (Å²) in [5.41, 5.74) is 9.13. The van der Waals surface area contributed by atoms with Gasteiger partial charge in [-0.2, -0.15) is 5.10 Å². The smallest absolute Gasteiger partial charge is 0.409 e. The van der Waals surface area contributed by atoms with Gasteiger partial charge in [0.25, 0.3) is 0 Å². The molecule has 1 amide bonds. The molecule has 7 nitrogen and oxygen atoms in total. The van der Waals surface area contributed by atoms with E-state index >= 15 is 0 Å². The molecule has 9 heteroatoms. The van der Waals surface area contributed by atoms with Crippen molar-refractivity contribution in [3.8, 4) is 28.3 Å². The number of nitrogens with zero attached hydrogens (tertiary/aromatic N) is 3. The normalized spacial score (nSPS) is 13.9. The minimum absolute atomic E-state index is 0.00531. The van der Waals surface area contributed by atoms with Crippen molar-refractivity contribution >= 4 is 11.6 Å². The number of benzene rings is 2. The highest BCUT2D eigenvalue weighted by atomic mass is 19.3. The van der Waals surface area contributed by atoms with E-state index in [1.54, 1.807) is 53.2 Å². The molecule has 0 unspecified atom stereocenters. The van der Waals surface area contributed by atoms with Gasteiger partial charge in [0.1, 0.15) is 5.75 Å². The van der Waals surface area contributed by atoms with E-state index < -0.39 is 12.2 Å². The number of hydrogen-bond donors (Lipinski definition) is 1. The fourth-order valence-corrected chi connectivity index (χ4v) is 3.45. The summed E-state index contributed by atoms with van der Waals surface area (Å²) in [7, 11) is 0. The first kappa shape index (κ1) is 21.0. The molecule has 33 heavy (non-hydrogen) atoms. The highest BCUT2D eigenvalue weighted by Crippen LogP contribution is 2.33. The van der Waals surface area contributed by atoms with E-state index in [1.165, 1.54) is 12.1 Å². The van der Waals surface area contributed by atoms with Gasteiger partial charge < -0.3 is 10.5 Å². The van der Waals surface area contributed by atoms with Gasteiger partial charge in [-0.15, -0.1) is 8.78 Å². The average Bonchev–Trinajstić information content (AvgIpc) is 3.54. The Kier molecular flexibility index (Phi) is 5.26. The molecule has 4 aromatic rings. The van der Waals surface area contributed by atoms with Crippen LogP contribution >= 0.6 is 0 Å². The van der Waals surface area contributed by atoms with E-state index in [2.05, 4.69) is 14.8 Å². The minimum Gasteiger partial charge on any atom is -0.409 e. The molecule has 168 valence electrons. The number of primary amides is 1. The predicted molar refractivity (Wildman–Crippen MR) is 117 cm³/mol. The lowest BCUT2D eigenvalue weighted by atomic mass is 10.1. The molecule has 0 atom stereocenters. The fraction of sp³-hybridized carbons (Fsp3) is 0.208. The second kappa shape index (κ2) is 8.25. The maximum absolute atomic E-state index is 13.9. The summed E-state index contributed by atoms with van der Waals surface area (Å²) in [6.45, 7) is -0.00986. The van der Waals surface area contributed by atoms with Crippen LogP contribution in [-0.2, 0) is 4.74 Å². The van der Waals surface area contributed by atoms with E-state index in [0.29, 0.717) is 22.6 Å². The molecule has 2 aromatic heterocycles. The van der Waals surface area contributed by atoms with Crippen LogP contribution in [0.1, 0.15) is 23.2 Å². The summed E-state index contributed by atoms with van der Waals surface area (Å²) in [5, 5.41) is 4.62. The largest absolute Gasteiger partial charge is 0.535 e. The van der Waals surface area contributed by atoms with Crippen molar-refractivity contribution in [3.63, 3.8) is 0 Å². The number of hydrogen-bond acceptors (Lipinski definition) is 5. The van der Waals surface area contributed by atoms with E-state index in [9.17, 15) is 13.6 Å². The van der Waals surface area contributed by atoms with Crippen LogP contribution in [0.25, 0.3) is 28.2 Å². The molecule has 1 fully saturated rings. The molecule has 0 radical (unpaired) electrons. The van der Waals surface area contributed by atoms with Crippen LogP contribution in [-0.4, -0.2) is 33.4 Å². The van der Waals surface area contributed by atoms with Gasteiger partial charge in [-0.25, -0.2) is 9.50 Å². The Bertz CT molecular complexity index is 1320. The highest BCUT2D eigenvalue weighted by Gasteiger charge is 2.36. The molecule has 1 saturated carbocycles.